The maximum absolute atomic E-state index is 11.9. The maximum Gasteiger partial charge on any atom is 0.508 e. The van der Waals surface area contributed by atoms with E-state index in [4.69, 9.17) is 23.1 Å². The molecule has 188 valence electrons. The predicted octanol–water partition coefficient (Wildman–Crippen LogP) is 1.62. The lowest BCUT2D eigenvalue weighted by Crippen LogP contribution is -2.41. The van der Waals surface area contributed by atoms with E-state index < -0.39 is 53.4 Å². The fraction of sp³-hybridized carbons (Fsp3) is 0.611. The van der Waals surface area contributed by atoms with Crippen molar-refractivity contribution in [1.82, 2.24) is 19.7 Å². The average Bonchev–Trinajstić information content (AvgIpc) is 3.32. The number of thioether (sulfide) groups is 2. The zero-order valence-corrected chi connectivity index (χ0v) is 21.4. The smallest absolute Gasteiger partial charge is 0.455 e. The van der Waals surface area contributed by atoms with Gasteiger partial charge in [0.1, 0.15) is 23.8 Å². The summed E-state index contributed by atoms with van der Waals surface area (Å²) >= 11 is 2.75. The first kappa shape index (κ1) is 26.5. The Morgan fingerprint density at radius 3 is 2.50 bits per heavy atom. The third-order valence-corrected chi connectivity index (χ3v) is 6.30. The second-order valence-electron chi connectivity index (χ2n) is 6.96. The number of fused-ring (bicyclic) bond motifs is 1. The van der Waals surface area contributed by atoms with Gasteiger partial charge in [0.25, 0.3) is 10.1 Å². The van der Waals surface area contributed by atoms with Crippen molar-refractivity contribution in [3.8, 4) is 0 Å². The highest BCUT2D eigenvalue weighted by atomic mass is 32.2. The van der Waals surface area contributed by atoms with Gasteiger partial charge in [-0.05, 0) is 19.4 Å². The van der Waals surface area contributed by atoms with E-state index in [-0.39, 0.29) is 6.61 Å². The highest BCUT2D eigenvalue weighted by Crippen LogP contribution is 2.36. The van der Waals surface area contributed by atoms with Gasteiger partial charge >= 0.3 is 12.1 Å². The van der Waals surface area contributed by atoms with Crippen molar-refractivity contribution in [2.45, 2.75) is 48.6 Å². The number of carbonyl (C=O) groups is 2. The van der Waals surface area contributed by atoms with Crippen LogP contribution in [0.4, 0.5) is 4.79 Å². The molecule has 16 heteroatoms. The molecule has 2 aromatic heterocycles. The van der Waals surface area contributed by atoms with Crippen LogP contribution in [0.15, 0.2) is 16.4 Å². The number of carbonyl (C=O) groups excluding carboxylic acids is 2. The Bertz CT molecular complexity index is 1160. The lowest BCUT2D eigenvalue weighted by molar-refractivity contribution is -0.155. The summed E-state index contributed by atoms with van der Waals surface area (Å²) in [6, 6.07) is 0. The summed E-state index contributed by atoms with van der Waals surface area (Å²) < 4.78 is 51.5. The van der Waals surface area contributed by atoms with Crippen molar-refractivity contribution >= 4 is 56.8 Å². The quantitative estimate of drug-likeness (QED) is 0.150. The Morgan fingerprint density at radius 2 is 1.91 bits per heavy atom. The molecular formula is C18H24N4O9S3. The first-order valence-electron chi connectivity index (χ1n) is 9.91. The van der Waals surface area contributed by atoms with Crippen LogP contribution in [0.5, 0.6) is 0 Å². The highest BCUT2D eigenvalue weighted by Gasteiger charge is 2.51. The molecule has 0 unspecified atom stereocenters. The third kappa shape index (κ3) is 6.29. The minimum atomic E-state index is -4.01. The monoisotopic (exact) mass is 536 g/mol. The maximum atomic E-state index is 11.9. The topological polar surface area (TPSA) is 158 Å². The Kier molecular flexibility index (Phi) is 8.62. The SMILES string of the molecule is CCOC(=O)OC[C@H]1O[C@@H](n2cc3c(SC)nc(SC)nc3n2)[C@H](OC(C)=O)[C@H]1OS(C)(=O)=O. The van der Waals surface area contributed by atoms with Crippen LogP contribution in [0, 0.1) is 0 Å². The number of rotatable bonds is 9. The molecule has 34 heavy (non-hydrogen) atoms. The highest BCUT2D eigenvalue weighted by molar-refractivity contribution is 7.99. The van der Waals surface area contributed by atoms with Crippen molar-refractivity contribution in [2.75, 3.05) is 32.0 Å². The van der Waals surface area contributed by atoms with E-state index in [1.54, 1.807) is 13.1 Å². The van der Waals surface area contributed by atoms with Crippen molar-refractivity contribution in [1.29, 1.82) is 0 Å². The van der Waals surface area contributed by atoms with Crippen LogP contribution >= 0.6 is 23.5 Å². The van der Waals surface area contributed by atoms with Gasteiger partial charge in [0, 0.05) is 13.1 Å². The number of esters is 1. The zero-order chi connectivity index (χ0) is 25.0. The van der Waals surface area contributed by atoms with Crippen LogP contribution in [-0.2, 0) is 38.0 Å². The van der Waals surface area contributed by atoms with Gasteiger partial charge in [-0.2, -0.15) is 8.42 Å². The molecule has 1 aliphatic heterocycles. The minimum absolute atomic E-state index is 0.0864. The zero-order valence-electron chi connectivity index (χ0n) is 19.0. The Balaban J connectivity index is 2.01. The third-order valence-electron chi connectivity index (χ3n) is 4.48. The van der Waals surface area contributed by atoms with E-state index in [1.807, 2.05) is 12.5 Å². The lowest BCUT2D eigenvalue weighted by atomic mass is 10.1. The molecule has 3 rings (SSSR count). The van der Waals surface area contributed by atoms with Crippen molar-refractivity contribution in [3.05, 3.63) is 6.20 Å². The van der Waals surface area contributed by atoms with Crippen molar-refractivity contribution < 1.29 is 41.1 Å². The van der Waals surface area contributed by atoms with Crippen LogP contribution in [-0.4, -0.2) is 90.6 Å². The van der Waals surface area contributed by atoms with E-state index in [1.165, 1.54) is 35.1 Å². The summed E-state index contributed by atoms with van der Waals surface area (Å²) in [5.74, 6) is -0.696. The molecule has 0 aromatic carbocycles. The molecule has 3 heterocycles. The van der Waals surface area contributed by atoms with Gasteiger partial charge in [0.15, 0.2) is 23.1 Å². The van der Waals surface area contributed by atoms with Crippen LogP contribution in [0.3, 0.4) is 0 Å². The fourth-order valence-electron chi connectivity index (χ4n) is 3.26. The fourth-order valence-corrected chi connectivity index (χ4v) is 4.85. The van der Waals surface area contributed by atoms with Crippen LogP contribution in [0.2, 0.25) is 0 Å². The second-order valence-corrected chi connectivity index (χ2v) is 10.1. The number of hydrogen-bond acceptors (Lipinski definition) is 14. The molecule has 0 amide bonds. The van der Waals surface area contributed by atoms with E-state index >= 15 is 0 Å². The molecule has 0 spiro atoms. The molecule has 0 radical (unpaired) electrons. The first-order chi connectivity index (χ1) is 16.1. The van der Waals surface area contributed by atoms with Crippen molar-refractivity contribution in [2.24, 2.45) is 0 Å². The molecule has 4 atom stereocenters. The Labute approximate surface area is 204 Å². The normalized spacial score (nSPS) is 22.6. The molecule has 0 bridgehead atoms. The lowest BCUT2D eigenvalue weighted by Gasteiger charge is -2.22. The number of hydrogen-bond donors (Lipinski definition) is 0. The number of nitrogens with zero attached hydrogens (tertiary/aromatic N) is 4. The summed E-state index contributed by atoms with van der Waals surface area (Å²) in [6.45, 7) is 2.44. The molecule has 1 fully saturated rings. The van der Waals surface area contributed by atoms with E-state index in [0.717, 1.165) is 6.26 Å². The van der Waals surface area contributed by atoms with Gasteiger partial charge in [0.2, 0.25) is 0 Å². The van der Waals surface area contributed by atoms with Crippen LogP contribution < -0.4 is 0 Å². The van der Waals surface area contributed by atoms with E-state index in [2.05, 4.69) is 15.1 Å². The van der Waals surface area contributed by atoms with Gasteiger partial charge in [-0.1, -0.05) is 11.8 Å². The molecule has 0 aliphatic carbocycles. The van der Waals surface area contributed by atoms with Gasteiger partial charge in [-0.25, -0.2) is 19.4 Å². The van der Waals surface area contributed by atoms with Crippen LogP contribution in [0.1, 0.15) is 20.1 Å². The molecule has 0 saturated carbocycles. The summed E-state index contributed by atoms with van der Waals surface area (Å²) in [5.41, 5.74) is 0.376. The second kappa shape index (κ2) is 11.1. The molecule has 0 N–H and O–H groups in total. The average molecular weight is 537 g/mol. The van der Waals surface area contributed by atoms with Gasteiger partial charge in [-0.3, -0.25) is 8.98 Å². The Hall–Kier alpha value is -2.14. The standard InChI is InChI=1S/C18H24N4O9S3/c1-6-27-18(24)28-8-11-12(31-34(5,25)26)13(29-9(2)23)16(30-11)22-7-10-14(21-22)19-17(33-4)20-15(10)32-3/h7,11-13,16H,6,8H2,1-5H3/t11-,12+,13-,16-/m1/s1. The molecule has 13 nitrogen and oxygen atoms in total. The Morgan fingerprint density at radius 1 is 1.18 bits per heavy atom. The van der Waals surface area contributed by atoms with Crippen molar-refractivity contribution in [3.63, 3.8) is 0 Å². The molecular weight excluding hydrogens is 512 g/mol. The van der Waals surface area contributed by atoms with Gasteiger partial charge < -0.3 is 18.9 Å². The van der Waals surface area contributed by atoms with Crippen LogP contribution in [0.25, 0.3) is 11.0 Å². The summed E-state index contributed by atoms with van der Waals surface area (Å²) in [5, 5.41) is 6.27. The summed E-state index contributed by atoms with van der Waals surface area (Å²) in [4.78, 5) is 32.4. The van der Waals surface area contributed by atoms with Gasteiger partial charge in [-0.15, -0.1) is 16.9 Å². The van der Waals surface area contributed by atoms with E-state index in [0.29, 0.717) is 21.2 Å². The molecule has 2 aromatic rings. The number of aromatic nitrogens is 4. The van der Waals surface area contributed by atoms with E-state index in [9.17, 15) is 18.0 Å². The first-order valence-corrected chi connectivity index (χ1v) is 14.2. The predicted molar refractivity (Wildman–Crippen MR) is 121 cm³/mol. The van der Waals surface area contributed by atoms with Gasteiger partial charge in [0.05, 0.1) is 18.2 Å². The summed E-state index contributed by atoms with van der Waals surface area (Å²) in [6.07, 6.45) is 0.407. The summed E-state index contributed by atoms with van der Waals surface area (Å²) in [7, 11) is -4.01. The molecule has 1 saturated heterocycles. The molecule has 1 aliphatic rings. The minimum Gasteiger partial charge on any atom is -0.455 e. The number of ether oxygens (including phenoxy) is 4. The largest absolute Gasteiger partial charge is 0.508 e.